The summed E-state index contributed by atoms with van der Waals surface area (Å²) in [6.45, 7) is 0. The van der Waals surface area contributed by atoms with E-state index >= 15 is 0 Å². The van der Waals surface area contributed by atoms with Crippen LogP contribution in [0, 0.1) is 0 Å². The fourth-order valence-corrected chi connectivity index (χ4v) is 12.3. The molecule has 0 amide bonds. The maximum atomic E-state index is 2.55. The molecule has 0 aromatic heterocycles. The minimum Gasteiger partial charge on any atom is -0.0622 e. The van der Waals surface area contributed by atoms with Crippen LogP contribution < -0.4 is 0 Å². The first-order valence-corrected chi connectivity index (χ1v) is 23.8. The Labute approximate surface area is 395 Å². The largest absolute Gasteiger partial charge is 0.0622 e. The van der Waals surface area contributed by atoms with Crippen LogP contribution in [0.4, 0.5) is 0 Å². The lowest BCUT2D eigenvalue weighted by Crippen LogP contribution is -1.93. The molecular formula is C68H40. The van der Waals surface area contributed by atoms with E-state index in [0.717, 1.165) is 0 Å². The van der Waals surface area contributed by atoms with Crippen molar-refractivity contribution in [2.24, 2.45) is 0 Å². The molecule has 15 rings (SSSR count). The molecule has 2 aliphatic carbocycles. The molecule has 0 N–H and O–H groups in total. The van der Waals surface area contributed by atoms with Crippen molar-refractivity contribution in [2.75, 3.05) is 0 Å². The molecule has 0 bridgehead atoms. The summed E-state index contributed by atoms with van der Waals surface area (Å²) in [5.74, 6) is 0. The Morgan fingerprint density at radius 2 is 0.397 bits per heavy atom. The van der Waals surface area contributed by atoms with E-state index in [1.165, 1.54) is 154 Å². The minimum absolute atomic E-state index is 1.23. The van der Waals surface area contributed by atoms with E-state index in [4.69, 9.17) is 0 Å². The van der Waals surface area contributed by atoms with Crippen LogP contribution in [0.15, 0.2) is 243 Å². The molecule has 68 heavy (non-hydrogen) atoms. The van der Waals surface area contributed by atoms with Crippen LogP contribution in [0.2, 0.25) is 0 Å². The number of fused-ring (bicyclic) bond motifs is 8. The molecule has 0 saturated carbocycles. The molecule has 13 aromatic carbocycles. The quantitative estimate of drug-likeness (QED) is 0.115. The standard InChI is InChI=1S/C68H40/c1-7-19-41(20-8-1)47-31-33-49(43-23-11-3-12-24-43)63-59(47)53-37-35-51-58-40-56(46-29-17-6-18-30-46)68-64-50(44-25-13-4-14-26-44)34-32-48(42-21-9-2-10-22-42)60(64)54-38-36-52(62(58)66(54)68)57-39-55(45-27-15-5-16-28-45)67(63)65(53)61(51)57/h1-40H. The second-order valence-corrected chi connectivity index (χ2v) is 18.5. The van der Waals surface area contributed by atoms with Gasteiger partial charge in [-0.25, -0.2) is 0 Å². The lowest BCUT2D eigenvalue weighted by atomic mass is 9.81. The van der Waals surface area contributed by atoms with Crippen molar-refractivity contribution < 1.29 is 0 Å². The molecule has 0 heteroatoms. The number of rotatable bonds is 6. The average Bonchev–Trinajstić information content (AvgIpc) is 3.96. The first-order chi connectivity index (χ1) is 33.8. The van der Waals surface area contributed by atoms with Gasteiger partial charge in [0.1, 0.15) is 0 Å². The van der Waals surface area contributed by atoms with Gasteiger partial charge in [-0.15, -0.1) is 0 Å². The van der Waals surface area contributed by atoms with Crippen LogP contribution in [-0.2, 0) is 0 Å². The first-order valence-electron chi connectivity index (χ1n) is 23.8. The lowest BCUT2D eigenvalue weighted by Gasteiger charge is -2.21. The third-order valence-corrected chi connectivity index (χ3v) is 15.1. The summed E-state index contributed by atoms with van der Waals surface area (Å²) in [6.07, 6.45) is 0. The number of hydrogen-bond acceptors (Lipinski definition) is 0. The van der Waals surface area contributed by atoms with Crippen LogP contribution in [-0.4, -0.2) is 0 Å². The molecular weight excluding hydrogens is 817 g/mol. The van der Waals surface area contributed by atoms with Gasteiger partial charge in [0.2, 0.25) is 0 Å². The fraction of sp³-hybridized carbons (Fsp3) is 0. The van der Waals surface area contributed by atoms with Crippen LogP contribution in [0.3, 0.4) is 0 Å². The molecule has 0 unspecified atom stereocenters. The Hall–Kier alpha value is -8.84. The van der Waals surface area contributed by atoms with Gasteiger partial charge in [0.25, 0.3) is 0 Å². The molecule has 0 nitrogen and oxygen atoms in total. The molecule has 0 saturated heterocycles. The predicted octanol–water partition coefficient (Wildman–Crippen LogP) is 19.0. The van der Waals surface area contributed by atoms with E-state index in [9.17, 15) is 0 Å². The molecule has 0 radical (unpaired) electrons. The molecule has 312 valence electrons. The fourth-order valence-electron chi connectivity index (χ4n) is 12.3. The van der Waals surface area contributed by atoms with Crippen molar-refractivity contribution >= 4 is 43.1 Å². The maximum absolute atomic E-state index is 2.55. The van der Waals surface area contributed by atoms with Gasteiger partial charge in [0, 0.05) is 0 Å². The van der Waals surface area contributed by atoms with Gasteiger partial charge in [0.15, 0.2) is 0 Å². The second kappa shape index (κ2) is 14.3. The van der Waals surface area contributed by atoms with Gasteiger partial charge in [-0.2, -0.15) is 0 Å². The third kappa shape index (κ3) is 5.15. The van der Waals surface area contributed by atoms with Crippen molar-refractivity contribution in [3.05, 3.63) is 243 Å². The van der Waals surface area contributed by atoms with Crippen molar-refractivity contribution in [1.82, 2.24) is 0 Å². The van der Waals surface area contributed by atoms with E-state index in [0.29, 0.717) is 0 Å². The molecule has 2 aliphatic rings. The Morgan fingerprint density at radius 3 is 0.691 bits per heavy atom. The van der Waals surface area contributed by atoms with Gasteiger partial charge in [-0.05, 0) is 166 Å². The lowest BCUT2D eigenvalue weighted by molar-refractivity contribution is 1.58. The van der Waals surface area contributed by atoms with Crippen LogP contribution in [0.1, 0.15) is 0 Å². The number of benzene rings is 13. The highest BCUT2D eigenvalue weighted by Gasteiger charge is 2.36. The Morgan fingerprint density at radius 1 is 0.147 bits per heavy atom. The van der Waals surface area contributed by atoms with Crippen LogP contribution in [0.25, 0.3) is 154 Å². The number of hydrogen-bond donors (Lipinski definition) is 0. The van der Waals surface area contributed by atoms with Crippen molar-refractivity contribution in [3.63, 3.8) is 0 Å². The van der Waals surface area contributed by atoms with Gasteiger partial charge >= 0.3 is 0 Å². The van der Waals surface area contributed by atoms with E-state index in [-0.39, 0.29) is 0 Å². The van der Waals surface area contributed by atoms with Crippen molar-refractivity contribution in [1.29, 1.82) is 0 Å². The molecule has 0 fully saturated rings. The van der Waals surface area contributed by atoms with Gasteiger partial charge in [0.05, 0.1) is 0 Å². The van der Waals surface area contributed by atoms with Gasteiger partial charge in [-0.1, -0.05) is 231 Å². The SMILES string of the molecule is c1ccc(-c2ccc(-c3ccccc3)c3c2-c2ccc4c5cc(-c6ccccc6)c6c7c(ccc(c8cc(-c9ccccc9)c-3c2c48)c75)-c2c(-c3ccccc3)ccc(-c3ccccc3)c2-6)cc1. The Balaban J connectivity index is 1.14. The van der Waals surface area contributed by atoms with Crippen LogP contribution >= 0.6 is 0 Å². The molecule has 0 atom stereocenters. The molecule has 0 spiro atoms. The highest BCUT2D eigenvalue weighted by molar-refractivity contribution is 6.43. The zero-order valence-corrected chi connectivity index (χ0v) is 37.1. The average molecular weight is 857 g/mol. The van der Waals surface area contributed by atoms with Crippen molar-refractivity contribution in [2.45, 2.75) is 0 Å². The summed E-state index contributed by atoms with van der Waals surface area (Å²) in [5.41, 5.74) is 25.5. The predicted molar refractivity (Wildman–Crippen MR) is 289 cm³/mol. The topological polar surface area (TPSA) is 0 Å². The van der Waals surface area contributed by atoms with E-state index in [1.807, 2.05) is 0 Å². The van der Waals surface area contributed by atoms with E-state index < -0.39 is 0 Å². The summed E-state index contributed by atoms with van der Waals surface area (Å²) >= 11 is 0. The molecule has 0 heterocycles. The van der Waals surface area contributed by atoms with Gasteiger partial charge < -0.3 is 0 Å². The normalized spacial score (nSPS) is 12.1. The highest BCUT2D eigenvalue weighted by Crippen LogP contribution is 2.63. The Bertz CT molecular complexity index is 3900. The zero-order chi connectivity index (χ0) is 44.5. The third-order valence-electron chi connectivity index (χ3n) is 15.1. The highest BCUT2D eigenvalue weighted by atomic mass is 14.4. The first kappa shape index (κ1) is 37.4. The summed E-state index contributed by atoms with van der Waals surface area (Å²) in [5, 5.41) is 10.6. The molecule has 13 aromatic rings. The maximum Gasteiger partial charge on any atom is -0.000718 e. The van der Waals surface area contributed by atoms with Crippen molar-refractivity contribution in [3.8, 4) is 111 Å². The summed E-state index contributed by atoms with van der Waals surface area (Å²) < 4.78 is 0. The van der Waals surface area contributed by atoms with Gasteiger partial charge in [-0.3, -0.25) is 0 Å². The molecule has 0 aliphatic heterocycles. The second-order valence-electron chi connectivity index (χ2n) is 18.5. The monoisotopic (exact) mass is 856 g/mol. The smallest absolute Gasteiger partial charge is 0.000718 e. The summed E-state index contributed by atoms with van der Waals surface area (Å²) in [7, 11) is 0. The van der Waals surface area contributed by atoms with E-state index in [2.05, 4.69) is 243 Å². The van der Waals surface area contributed by atoms with E-state index in [1.54, 1.807) is 0 Å². The summed E-state index contributed by atoms with van der Waals surface area (Å²) in [4.78, 5) is 0. The summed E-state index contributed by atoms with van der Waals surface area (Å²) in [6, 6.07) is 90.6. The minimum atomic E-state index is 1.23. The Kier molecular flexibility index (Phi) is 7.88. The van der Waals surface area contributed by atoms with Crippen LogP contribution in [0.5, 0.6) is 0 Å². The zero-order valence-electron chi connectivity index (χ0n) is 37.1.